The maximum Gasteiger partial charge on any atom is 0.355 e. The smallest absolute Gasteiger partial charge is 0.355 e. The summed E-state index contributed by atoms with van der Waals surface area (Å²) in [5.41, 5.74) is 0.527. The van der Waals surface area contributed by atoms with Gasteiger partial charge >= 0.3 is 5.97 Å². The van der Waals surface area contributed by atoms with E-state index >= 15 is 0 Å². The van der Waals surface area contributed by atoms with E-state index in [4.69, 9.17) is 9.62 Å². The molecule has 0 saturated heterocycles. The number of halogens is 1. The first-order chi connectivity index (χ1) is 11.6. The topological polar surface area (TPSA) is 68.6 Å². The predicted octanol–water partition coefficient (Wildman–Crippen LogP) is 4.11. The summed E-state index contributed by atoms with van der Waals surface area (Å²) in [6.45, 7) is 1.85. The summed E-state index contributed by atoms with van der Waals surface area (Å²) in [6.07, 6.45) is 0.0212. The summed E-state index contributed by atoms with van der Waals surface area (Å²) in [5, 5.41) is 9.25. The lowest BCUT2D eigenvalue weighted by Gasteiger charge is -2.13. The van der Waals surface area contributed by atoms with Crippen LogP contribution in [0.5, 0.6) is 11.5 Å². The van der Waals surface area contributed by atoms with Crippen LogP contribution in [0.15, 0.2) is 48.5 Å². The molecule has 0 N–H and O–H groups in total. The Morgan fingerprint density at radius 2 is 1.92 bits per heavy atom. The third-order valence-corrected chi connectivity index (χ3v) is 3.03. The Kier molecular flexibility index (Phi) is 6.15. The van der Waals surface area contributed by atoms with Crippen molar-refractivity contribution in [2.75, 3.05) is 0 Å². The molecule has 5 nitrogen and oxygen atoms in total. The fraction of sp³-hybridized carbons (Fsp3) is 0.222. The van der Waals surface area contributed by atoms with E-state index in [0.29, 0.717) is 17.7 Å². The molecule has 24 heavy (non-hydrogen) atoms. The minimum atomic E-state index is -0.900. The van der Waals surface area contributed by atoms with Crippen LogP contribution >= 0.6 is 0 Å². The van der Waals surface area contributed by atoms with Gasteiger partial charge in [0.15, 0.2) is 5.75 Å². The summed E-state index contributed by atoms with van der Waals surface area (Å²) in [4.78, 5) is 20.9. The molecular formula is C18H16FNO4. The minimum absolute atomic E-state index is 0.261. The Hall–Kier alpha value is -3.07. The Labute approximate surface area is 139 Å². The lowest BCUT2D eigenvalue weighted by atomic mass is 10.1. The van der Waals surface area contributed by atoms with E-state index in [-0.39, 0.29) is 18.0 Å². The van der Waals surface area contributed by atoms with Gasteiger partial charge in [-0.1, -0.05) is 25.1 Å². The monoisotopic (exact) mass is 329 g/mol. The van der Waals surface area contributed by atoms with E-state index in [1.165, 1.54) is 30.3 Å². The van der Waals surface area contributed by atoms with Gasteiger partial charge in [-0.3, -0.25) is 9.78 Å². The second-order valence-electron chi connectivity index (χ2n) is 4.94. The van der Waals surface area contributed by atoms with Crippen molar-refractivity contribution >= 4 is 5.97 Å². The minimum Gasteiger partial charge on any atom is -0.471 e. The van der Waals surface area contributed by atoms with Crippen LogP contribution < -0.4 is 9.62 Å². The number of carbonyl (C=O) groups is 1. The van der Waals surface area contributed by atoms with Gasteiger partial charge in [0.1, 0.15) is 17.6 Å². The SMILES string of the molecule is CCCC(=O)OOc1cccc(OC(C#N)c2ccc(F)cc2)c1. The zero-order valence-corrected chi connectivity index (χ0v) is 13.1. The number of ether oxygens (including phenoxy) is 1. The van der Waals surface area contributed by atoms with Crippen molar-refractivity contribution in [1.82, 2.24) is 0 Å². The quantitative estimate of drug-likeness (QED) is 0.565. The molecule has 2 aromatic rings. The van der Waals surface area contributed by atoms with E-state index in [1.54, 1.807) is 18.2 Å². The van der Waals surface area contributed by atoms with Crippen LogP contribution in [0.25, 0.3) is 0 Å². The van der Waals surface area contributed by atoms with Crippen molar-refractivity contribution in [2.24, 2.45) is 0 Å². The molecule has 0 heterocycles. The second kappa shape index (κ2) is 8.53. The standard InChI is InChI=1S/C18H16FNO4/c1-2-4-18(21)24-23-16-6-3-5-15(11-16)22-17(12-20)13-7-9-14(19)10-8-13/h3,5-11,17H,2,4H2,1H3. The number of hydrogen-bond acceptors (Lipinski definition) is 5. The van der Waals surface area contributed by atoms with Gasteiger partial charge in [-0.2, -0.15) is 5.26 Å². The van der Waals surface area contributed by atoms with Crippen LogP contribution in [0.1, 0.15) is 31.4 Å². The lowest BCUT2D eigenvalue weighted by Crippen LogP contribution is -2.08. The van der Waals surface area contributed by atoms with Crippen molar-refractivity contribution in [3.63, 3.8) is 0 Å². The molecule has 0 aliphatic heterocycles. The van der Waals surface area contributed by atoms with E-state index in [1.807, 2.05) is 13.0 Å². The van der Waals surface area contributed by atoms with Crippen LogP contribution in [0.2, 0.25) is 0 Å². The molecule has 2 aromatic carbocycles. The molecule has 2 rings (SSSR count). The van der Waals surface area contributed by atoms with Crippen molar-refractivity contribution in [2.45, 2.75) is 25.9 Å². The van der Waals surface area contributed by atoms with Gasteiger partial charge < -0.3 is 4.74 Å². The molecule has 0 bridgehead atoms. The van der Waals surface area contributed by atoms with Gasteiger partial charge in [0.25, 0.3) is 0 Å². The highest BCUT2D eigenvalue weighted by atomic mass is 19.1. The zero-order chi connectivity index (χ0) is 17.4. The number of nitriles is 1. The normalized spacial score (nSPS) is 11.2. The van der Waals surface area contributed by atoms with Gasteiger partial charge in [0, 0.05) is 18.1 Å². The van der Waals surface area contributed by atoms with Crippen molar-refractivity contribution in [3.05, 3.63) is 59.9 Å². The molecule has 0 fully saturated rings. The molecule has 0 saturated carbocycles. The molecule has 0 aromatic heterocycles. The first-order valence-corrected chi connectivity index (χ1v) is 7.41. The molecular weight excluding hydrogens is 313 g/mol. The average molecular weight is 329 g/mol. The van der Waals surface area contributed by atoms with Gasteiger partial charge in [-0.05, 0) is 30.7 Å². The van der Waals surface area contributed by atoms with Crippen molar-refractivity contribution < 1.29 is 23.7 Å². The van der Waals surface area contributed by atoms with E-state index in [9.17, 15) is 14.4 Å². The predicted molar refractivity (Wildman–Crippen MR) is 83.5 cm³/mol. The van der Waals surface area contributed by atoms with Crippen LogP contribution in [0.3, 0.4) is 0 Å². The van der Waals surface area contributed by atoms with Gasteiger partial charge in [0.2, 0.25) is 6.10 Å². The Morgan fingerprint density at radius 3 is 2.58 bits per heavy atom. The molecule has 0 radical (unpaired) electrons. The molecule has 0 aliphatic rings. The Balaban J connectivity index is 2.03. The summed E-state index contributed by atoms with van der Waals surface area (Å²) < 4.78 is 18.5. The maximum atomic E-state index is 13.0. The fourth-order valence-electron chi connectivity index (χ4n) is 1.88. The first kappa shape index (κ1) is 17.3. The fourth-order valence-corrected chi connectivity index (χ4v) is 1.88. The number of hydrogen-bond donors (Lipinski definition) is 0. The molecule has 0 spiro atoms. The lowest BCUT2D eigenvalue weighted by molar-refractivity contribution is -0.213. The third-order valence-electron chi connectivity index (χ3n) is 3.03. The number of carbonyl (C=O) groups excluding carboxylic acids is 1. The van der Waals surface area contributed by atoms with Gasteiger partial charge in [-0.15, -0.1) is 0 Å². The molecule has 0 amide bonds. The highest BCUT2D eigenvalue weighted by molar-refractivity contribution is 5.68. The molecule has 124 valence electrons. The van der Waals surface area contributed by atoms with Crippen LogP contribution in [-0.2, 0) is 9.68 Å². The maximum absolute atomic E-state index is 13.0. The molecule has 6 heteroatoms. The second-order valence-corrected chi connectivity index (χ2v) is 4.94. The Bertz CT molecular complexity index is 725. The zero-order valence-electron chi connectivity index (χ0n) is 13.1. The summed E-state index contributed by atoms with van der Waals surface area (Å²) in [5.74, 6) is -0.229. The van der Waals surface area contributed by atoms with E-state index in [0.717, 1.165) is 0 Å². The average Bonchev–Trinajstić information content (AvgIpc) is 2.59. The highest BCUT2D eigenvalue weighted by Gasteiger charge is 2.13. The summed E-state index contributed by atoms with van der Waals surface area (Å²) in [7, 11) is 0. The van der Waals surface area contributed by atoms with Crippen molar-refractivity contribution in [3.8, 4) is 17.6 Å². The summed E-state index contributed by atoms with van der Waals surface area (Å²) in [6, 6.07) is 13.8. The molecule has 1 atom stereocenters. The number of benzene rings is 2. The highest BCUT2D eigenvalue weighted by Crippen LogP contribution is 2.25. The van der Waals surface area contributed by atoms with Gasteiger partial charge in [-0.25, -0.2) is 9.18 Å². The van der Waals surface area contributed by atoms with Gasteiger partial charge in [0.05, 0.1) is 0 Å². The summed E-state index contributed by atoms with van der Waals surface area (Å²) >= 11 is 0. The van der Waals surface area contributed by atoms with Crippen LogP contribution in [0.4, 0.5) is 4.39 Å². The van der Waals surface area contributed by atoms with Crippen molar-refractivity contribution in [1.29, 1.82) is 5.26 Å². The third kappa shape index (κ3) is 4.99. The molecule has 1 unspecified atom stereocenters. The largest absolute Gasteiger partial charge is 0.471 e. The van der Waals surface area contributed by atoms with E-state index in [2.05, 4.69) is 4.89 Å². The van der Waals surface area contributed by atoms with E-state index < -0.39 is 12.1 Å². The molecule has 0 aliphatic carbocycles. The number of nitrogens with zero attached hydrogens (tertiary/aromatic N) is 1. The Morgan fingerprint density at radius 1 is 1.21 bits per heavy atom. The van der Waals surface area contributed by atoms with Crippen LogP contribution in [-0.4, -0.2) is 5.97 Å². The first-order valence-electron chi connectivity index (χ1n) is 7.41. The van der Waals surface area contributed by atoms with Crippen LogP contribution in [0, 0.1) is 17.1 Å². The number of rotatable bonds is 7.